The second kappa shape index (κ2) is 15.3. The van der Waals surface area contributed by atoms with Crippen LogP contribution < -0.4 is 10.2 Å². The summed E-state index contributed by atoms with van der Waals surface area (Å²) in [6.45, 7) is 27.0. The molecule has 1 aromatic carbocycles. The highest BCUT2D eigenvalue weighted by molar-refractivity contribution is 5.77. The highest BCUT2D eigenvalue weighted by Crippen LogP contribution is 2.78. The largest absolute Gasteiger partial charge is 0.481 e. The molecule has 1 heterocycles. The van der Waals surface area contributed by atoms with Crippen molar-refractivity contribution in [1.82, 2.24) is 5.32 Å². The van der Waals surface area contributed by atoms with Crippen molar-refractivity contribution in [2.45, 2.75) is 152 Å². The molecule has 1 aliphatic heterocycles. The summed E-state index contributed by atoms with van der Waals surface area (Å²) in [5.74, 6) is 1.59. The molecular formula is C49H74N2O6. The third kappa shape index (κ3) is 7.50. The van der Waals surface area contributed by atoms with Gasteiger partial charge in [0.1, 0.15) is 6.10 Å². The highest BCUT2D eigenvalue weighted by atomic mass is 16.5. The van der Waals surface area contributed by atoms with Gasteiger partial charge in [-0.05, 0) is 145 Å². The molecule has 8 heteroatoms. The number of rotatable bonds is 11. The summed E-state index contributed by atoms with van der Waals surface area (Å²) >= 11 is 0. The Morgan fingerprint density at radius 1 is 0.877 bits per heavy atom. The molecule has 4 unspecified atom stereocenters. The lowest BCUT2D eigenvalue weighted by atomic mass is 9.32. The standard InChI is InChI=1S/C49H74N2O6/c1-32(2)35-16-21-49(28-40(52)50-31-33-10-12-34(13-11-33)51-24-26-56-27-25-51)23-22-47(8)36(43(35)49)14-15-38-46(7)19-18-39(45(5,6)37(46)17-20-48(38,47)9)57-42(55)30-44(3,4)29-41(53)54/h10-13,35-39,43H,1,14-31H2,2-9H3,(H,50,52)(H,53,54)/t35?,36-,37?,38?,39+,43?,46+,47-,48-,49-/m1/s1. The number of nitrogens with zero attached hydrogens (tertiary/aromatic N) is 1. The molecule has 1 amide bonds. The lowest BCUT2D eigenvalue weighted by molar-refractivity contribution is -0.250. The van der Waals surface area contributed by atoms with Crippen LogP contribution in [0, 0.1) is 62.1 Å². The average Bonchev–Trinajstić information content (AvgIpc) is 3.51. The second-order valence-electron chi connectivity index (χ2n) is 22.0. The van der Waals surface area contributed by atoms with Gasteiger partial charge in [0.2, 0.25) is 5.91 Å². The van der Waals surface area contributed by atoms with Crippen molar-refractivity contribution in [2.24, 2.45) is 62.1 Å². The van der Waals surface area contributed by atoms with Gasteiger partial charge in [0, 0.05) is 37.2 Å². The van der Waals surface area contributed by atoms with E-state index in [0.717, 1.165) is 70.4 Å². The zero-order valence-electron chi connectivity index (χ0n) is 36.6. The lowest BCUT2D eigenvalue weighted by Gasteiger charge is -2.73. The van der Waals surface area contributed by atoms with E-state index in [-0.39, 0.29) is 57.9 Å². The molecule has 1 aromatic rings. The molecule has 0 aromatic heterocycles. The summed E-state index contributed by atoms with van der Waals surface area (Å²) in [6.07, 6.45) is 11.7. The fourth-order valence-electron chi connectivity index (χ4n) is 15.1. The molecule has 0 bridgehead atoms. The summed E-state index contributed by atoms with van der Waals surface area (Å²) in [6, 6.07) is 8.67. The fraction of sp³-hybridized carbons (Fsp3) is 0.776. The molecule has 0 radical (unpaired) electrons. The quantitative estimate of drug-likeness (QED) is 0.170. The normalized spacial score (nSPS) is 38.5. The number of carbonyl (C=O) groups is 3. The van der Waals surface area contributed by atoms with Crippen molar-refractivity contribution in [3.8, 4) is 0 Å². The number of fused-ring (bicyclic) bond motifs is 7. The summed E-state index contributed by atoms with van der Waals surface area (Å²) in [7, 11) is 0. The molecule has 2 N–H and O–H groups in total. The van der Waals surface area contributed by atoms with Gasteiger partial charge in [-0.15, -0.1) is 0 Å². The predicted octanol–water partition coefficient (Wildman–Crippen LogP) is 9.99. The van der Waals surface area contributed by atoms with Gasteiger partial charge in [-0.1, -0.05) is 72.8 Å². The van der Waals surface area contributed by atoms with Crippen molar-refractivity contribution >= 4 is 23.5 Å². The number of hydrogen-bond donors (Lipinski definition) is 2. The van der Waals surface area contributed by atoms with E-state index in [0.29, 0.717) is 42.6 Å². The van der Waals surface area contributed by atoms with Gasteiger partial charge in [0.15, 0.2) is 0 Å². The van der Waals surface area contributed by atoms with E-state index >= 15 is 0 Å². The third-order valence-corrected chi connectivity index (χ3v) is 18.0. The summed E-state index contributed by atoms with van der Waals surface area (Å²) in [5, 5.41) is 12.7. The second-order valence-corrected chi connectivity index (χ2v) is 22.0. The molecule has 57 heavy (non-hydrogen) atoms. The summed E-state index contributed by atoms with van der Waals surface area (Å²) < 4.78 is 11.8. The first kappa shape index (κ1) is 42.3. The topological polar surface area (TPSA) is 105 Å². The molecule has 5 saturated carbocycles. The fourth-order valence-corrected chi connectivity index (χ4v) is 15.1. The lowest BCUT2D eigenvalue weighted by Crippen LogP contribution is -2.67. The minimum absolute atomic E-state index is 0.0192. The van der Waals surface area contributed by atoms with Crippen LogP contribution in [0.5, 0.6) is 0 Å². The molecule has 10 atom stereocenters. The maximum atomic E-state index is 14.0. The van der Waals surface area contributed by atoms with E-state index in [4.69, 9.17) is 9.47 Å². The number of carboxylic acids is 1. The zero-order valence-corrected chi connectivity index (χ0v) is 36.6. The molecule has 0 spiro atoms. The maximum Gasteiger partial charge on any atom is 0.306 e. The van der Waals surface area contributed by atoms with Crippen molar-refractivity contribution in [3.05, 3.63) is 42.0 Å². The third-order valence-electron chi connectivity index (χ3n) is 18.0. The Bertz CT molecular complexity index is 1700. The Balaban J connectivity index is 1.05. The van der Waals surface area contributed by atoms with Crippen LogP contribution in [0.1, 0.15) is 144 Å². The summed E-state index contributed by atoms with van der Waals surface area (Å²) in [5.41, 5.74) is 3.38. The Morgan fingerprint density at radius 2 is 1.58 bits per heavy atom. The van der Waals surface area contributed by atoms with Gasteiger partial charge in [-0.2, -0.15) is 0 Å². The number of allylic oxidation sites excluding steroid dienone is 1. The SMILES string of the molecule is C=C(C)C1CC[C@]2(CC(=O)NCc3ccc(N4CCOCC4)cc3)CC[C@]3(C)[C@H](CCC4[C@@]5(C)CC[C@H](OC(=O)CC(C)(C)CC(=O)O)C(C)(C)C5CC[C@]43C)C12. The van der Waals surface area contributed by atoms with Gasteiger partial charge in [0.05, 0.1) is 26.1 Å². The minimum atomic E-state index is -0.884. The van der Waals surface area contributed by atoms with E-state index in [1.165, 1.54) is 36.9 Å². The molecule has 6 fully saturated rings. The van der Waals surface area contributed by atoms with Crippen LogP contribution >= 0.6 is 0 Å². The maximum absolute atomic E-state index is 14.0. The van der Waals surface area contributed by atoms with E-state index < -0.39 is 11.4 Å². The number of anilines is 1. The van der Waals surface area contributed by atoms with Gasteiger partial charge in [-0.25, -0.2) is 0 Å². The smallest absolute Gasteiger partial charge is 0.306 e. The predicted molar refractivity (Wildman–Crippen MR) is 225 cm³/mol. The first-order chi connectivity index (χ1) is 26.7. The van der Waals surface area contributed by atoms with Crippen LogP contribution in [-0.2, 0) is 30.4 Å². The Labute approximate surface area is 343 Å². The first-order valence-corrected chi connectivity index (χ1v) is 22.5. The van der Waals surface area contributed by atoms with E-state index in [1.807, 2.05) is 13.8 Å². The van der Waals surface area contributed by atoms with Gasteiger partial charge >= 0.3 is 11.9 Å². The Kier molecular flexibility index (Phi) is 11.3. The van der Waals surface area contributed by atoms with E-state index in [9.17, 15) is 19.5 Å². The minimum Gasteiger partial charge on any atom is -0.481 e. The van der Waals surface area contributed by atoms with Crippen LogP contribution in [0.2, 0.25) is 0 Å². The molecule has 1 saturated heterocycles. The van der Waals surface area contributed by atoms with Gasteiger partial charge in [0.25, 0.3) is 0 Å². The zero-order chi connectivity index (χ0) is 41.2. The molecule has 6 aliphatic rings. The molecule has 7 rings (SSSR count). The highest BCUT2D eigenvalue weighted by Gasteiger charge is 2.71. The van der Waals surface area contributed by atoms with E-state index in [2.05, 4.69) is 82.6 Å². The Hall–Kier alpha value is -2.87. The number of aliphatic carboxylic acids is 1. The number of carbonyl (C=O) groups excluding carboxylic acids is 2. The van der Waals surface area contributed by atoms with Crippen molar-refractivity contribution < 1.29 is 29.0 Å². The number of nitrogens with one attached hydrogen (secondary N) is 1. The van der Waals surface area contributed by atoms with Crippen molar-refractivity contribution in [1.29, 1.82) is 0 Å². The van der Waals surface area contributed by atoms with Crippen molar-refractivity contribution in [3.63, 3.8) is 0 Å². The number of benzene rings is 1. The molecule has 8 nitrogen and oxygen atoms in total. The van der Waals surface area contributed by atoms with Crippen LogP contribution in [0.4, 0.5) is 5.69 Å². The first-order valence-electron chi connectivity index (χ1n) is 22.5. The molecular weight excluding hydrogens is 713 g/mol. The molecule has 5 aliphatic carbocycles. The van der Waals surface area contributed by atoms with Crippen LogP contribution in [0.15, 0.2) is 36.4 Å². The number of esters is 1. The number of carboxylic acid groups (broad SMARTS) is 1. The van der Waals surface area contributed by atoms with Gasteiger partial charge < -0.3 is 24.8 Å². The molecule has 316 valence electrons. The monoisotopic (exact) mass is 787 g/mol. The van der Waals surface area contributed by atoms with Crippen LogP contribution in [-0.4, -0.2) is 55.4 Å². The van der Waals surface area contributed by atoms with Crippen molar-refractivity contribution in [2.75, 3.05) is 31.2 Å². The number of amides is 1. The van der Waals surface area contributed by atoms with Crippen LogP contribution in [0.25, 0.3) is 0 Å². The van der Waals surface area contributed by atoms with Crippen LogP contribution in [0.3, 0.4) is 0 Å². The number of morpholine rings is 1. The van der Waals surface area contributed by atoms with Gasteiger partial charge in [-0.3, -0.25) is 14.4 Å². The number of ether oxygens (including phenoxy) is 2. The summed E-state index contributed by atoms with van der Waals surface area (Å²) in [4.78, 5) is 41.1. The van der Waals surface area contributed by atoms with E-state index in [1.54, 1.807) is 0 Å². The Morgan fingerprint density at radius 3 is 2.25 bits per heavy atom. The number of hydrogen-bond acceptors (Lipinski definition) is 6. The average molecular weight is 787 g/mol.